The Bertz CT molecular complexity index is 1560. The molecule has 1 aliphatic carbocycles. The molecule has 1 N–H and O–H groups in total. The van der Waals surface area contributed by atoms with Gasteiger partial charge < -0.3 is 10.2 Å². The number of hydrogen-bond acceptors (Lipinski definition) is 6. The Labute approximate surface area is 232 Å². The number of anilines is 1. The molecule has 1 aliphatic heterocycles. The average molecular weight is 625 g/mol. The summed E-state index contributed by atoms with van der Waals surface area (Å²) in [5.41, 5.74) is 0.280. The molecule has 1 unspecified atom stereocenters. The van der Waals surface area contributed by atoms with E-state index in [0.717, 1.165) is 6.42 Å². The largest absolute Gasteiger partial charge is 0.509 e. The predicted molar refractivity (Wildman–Crippen MR) is 142 cm³/mol. The summed E-state index contributed by atoms with van der Waals surface area (Å²) in [4.78, 5) is 45.2. The van der Waals surface area contributed by atoms with Crippen LogP contribution in [-0.4, -0.2) is 61.9 Å². The number of amides is 2. The van der Waals surface area contributed by atoms with Crippen molar-refractivity contribution in [2.75, 3.05) is 11.6 Å². The molecule has 1 saturated carbocycles. The maximum atomic E-state index is 13.7. The second-order valence-electron chi connectivity index (χ2n) is 10.0. The first-order valence-electron chi connectivity index (χ1n) is 12.0. The molecule has 4 atom stereocenters. The Kier molecular flexibility index (Phi) is 6.90. The van der Waals surface area contributed by atoms with Gasteiger partial charge in [0, 0.05) is 23.2 Å². The average Bonchev–Trinajstić information content (AvgIpc) is 3.21. The number of rotatable bonds is 6. The monoisotopic (exact) mass is 624 g/mol. The van der Waals surface area contributed by atoms with Crippen LogP contribution in [0.5, 0.6) is 0 Å². The number of piperidine rings is 1. The molecule has 2 aromatic heterocycles. The molecule has 3 heterocycles. The van der Waals surface area contributed by atoms with Crippen LogP contribution in [0.1, 0.15) is 37.2 Å². The van der Waals surface area contributed by atoms with Gasteiger partial charge in [0.15, 0.2) is 5.78 Å². The molecule has 3 aromatic rings. The molecule has 1 aromatic carbocycles. The normalized spacial score (nSPS) is 23.1. The Hall–Kier alpha value is -3.13. The Morgan fingerprint density at radius 1 is 1.23 bits per heavy atom. The highest BCUT2D eigenvalue weighted by Crippen LogP contribution is 2.59. The number of aromatic nitrogens is 3. The van der Waals surface area contributed by atoms with Gasteiger partial charge in [-0.2, -0.15) is 9.46 Å². The van der Waals surface area contributed by atoms with E-state index < -0.39 is 23.0 Å². The van der Waals surface area contributed by atoms with Crippen LogP contribution in [0.25, 0.3) is 10.9 Å². The second-order valence-corrected chi connectivity index (χ2v) is 12.4. The molecule has 2 amide bonds. The molecule has 0 radical (unpaired) electrons. The van der Waals surface area contributed by atoms with Gasteiger partial charge in [-0.25, -0.2) is 4.98 Å². The minimum absolute atomic E-state index is 0.112. The summed E-state index contributed by atoms with van der Waals surface area (Å²) in [5.74, 6) is -0.722. The third-order valence-corrected chi connectivity index (χ3v) is 8.97. The first-order chi connectivity index (χ1) is 18.3. The van der Waals surface area contributed by atoms with Crippen molar-refractivity contribution < 1.29 is 27.6 Å². The molecule has 39 heavy (non-hydrogen) atoms. The Balaban J connectivity index is 1.45. The first-order valence-corrected chi connectivity index (χ1v) is 14.4. The highest BCUT2D eigenvalue weighted by Gasteiger charge is 2.64. The zero-order chi connectivity index (χ0) is 28.3. The van der Waals surface area contributed by atoms with Gasteiger partial charge in [-0.1, -0.05) is 23.7 Å². The lowest BCUT2D eigenvalue weighted by molar-refractivity contribution is -0.138. The van der Waals surface area contributed by atoms with E-state index in [-0.39, 0.29) is 41.3 Å². The summed E-state index contributed by atoms with van der Waals surface area (Å²) in [5, 5.41) is 7.54. The summed E-state index contributed by atoms with van der Waals surface area (Å²) in [6.45, 7) is 3.07. The summed E-state index contributed by atoms with van der Waals surface area (Å²) in [6, 6.07) is 8.75. The van der Waals surface area contributed by atoms with Gasteiger partial charge in [0.05, 0.1) is 5.52 Å². The lowest BCUT2D eigenvalue weighted by atomic mass is 10.0. The van der Waals surface area contributed by atoms with Crippen molar-refractivity contribution in [3.63, 3.8) is 0 Å². The van der Waals surface area contributed by atoms with Gasteiger partial charge in [0.1, 0.15) is 28.7 Å². The number of nitrogens with zero attached hydrogens (tertiary/aromatic N) is 5. The molecule has 14 heteroatoms. The van der Waals surface area contributed by atoms with Gasteiger partial charge in [-0.15, -0.1) is 13.2 Å². The quantitative estimate of drug-likeness (QED) is 0.242. The molecule has 0 bridgehead atoms. The highest BCUT2D eigenvalue weighted by molar-refractivity contribution is 9.10. The molecule has 5 rings (SSSR count). The summed E-state index contributed by atoms with van der Waals surface area (Å²) < 4.78 is 43.3. The standard InChI is InChI=1S/C25H24BrF3N6O3S/c1-13(36)22-15-8-7-14(39(3)33-25(27,28)29)9-16(15)34(32-22)12-21(37)35-17(10-24(2)11-18(24)35)23(38)31-20-6-4-5-19(26)30-20/h4-9,17-18H,10-12H2,1-3H3,(H,30,31,38)/t17-,18+,24-,39?/m0/s1. The SMILES string of the molecule is CC(=O)c1nn(CC(=O)N2[C@H](C(=O)Nc3cccc(Br)n3)C[C@@]3(C)C[C@@H]23)c2cc(/S(C)=N/C(F)(F)F)ccc12. The molecule has 2 aliphatic rings. The number of halogens is 4. The third kappa shape index (κ3) is 5.49. The van der Waals surface area contributed by atoms with Crippen LogP contribution in [0.3, 0.4) is 0 Å². The highest BCUT2D eigenvalue weighted by atomic mass is 79.9. The lowest BCUT2D eigenvalue weighted by Crippen LogP contribution is -2.46. The van der Waals surface area contributed by atoms with Crippen LogP contribution in [0.15, 0.2) is 50.3 Å². The zero-order valence-corrected chi connectivity index (χ0v) is 23.5. The van der Waals surface area contributed by atoms with Crippen molar-refractivity contribution in [2.45, 2.75) is 56.5 Å². The summed E-state index contributed by atoms with van der Waals surface area (Å²) in [7, 11) is -1.50. The van der Waals surface area contributed by atoms with Gasteiger partial charge in [0.25, 0.3) is 0 Å². The van der Waals surface area contributed by atoms with Crippen LogP contribution in [0.4, 0.5) is 19.0 Å². The Morgan fingerprint density at radius 3 is 2.64 bits per heavy atom. The van der Waals surface area contributed by atoms with Gasteiger partial charge in [-0.05, 0) is 70.8 Å². The molecule has 206 valence electrons. The second kappa shape index (κ2) is 9.81. The predicted octanol–water partition coefficient (Wildman–Crippen LogP) is 4.73. The molecular weight excluding hydrogens is 601 g/mol. The minimum Gasteiger partial charge on any atom is -0.325 e. The van der Waals surface area contributed by atoms with E-state index in [4.69, 9.17) is 0 Å². The lowest BCUT2D eigenvalue weighted by Gasteiger charge is -2.27. The maximum Gasteiger partial charge on any atom is 0.509 e. The number of carbonyl (C=O) groups is 3. The van der Waals surface area contributed by atoms with E-state index in [2.05, 4.69) is 35.7 Å². The minimum atomic E-state index is -4.69. The summed E-state index contributed by atoms with van der Waals surface area (Å²) in [6.07, 6.45) is -2.10. The van der Waals surface area contributed by atoms with Crippen LogP contribution in [0.2, 0.25) is 0 Å². The van der Waals surface area contributed by atoms with E-state index in [1.165, 1.54) is 36.1 Å². The first kappa shape index (κ1) is 27.4. The van der Waals surface area contributed by atoms with Crippen molar-refractivity contribution in [1.82, 2.24) is 19.7 Å². The molecule has 1 saturated heterocycles. The fourth-order valence-electron chi connectivity index (χ4n) is 5.18. The smallest absolute Gasteiger partial charge is 0.325 e. The topological polar surface area (TPSA) is 110 Å². The molecule has 2 fully saturated rings. The number of pyridine rings is 1. The maximum absolute atomic E-state index is 13.7. The van der Waals surface area contributed by atoms with E-state index >= 15 is 0 Å². The fraction of sp³-hybridized carbons (Fsp3) is 0.400. The number of hydrogen-bond donors (Lipinski definition) is 1. The number of fused-ring (bicyclic) bond motifs is 2. The van der Waals surface area contributed by atoms with Gasteiger partial charge >= 0.3 is 6.30 Å². The number of alkyl halides is 3. The van der Waals surface area contributed by atoms with E-state index in [0.29, 0.717) is 32.6 Å². The number of likely N-dealkylation sites (tertiary alicyclic amines) is 1. The number of nitrogens with one attached hydrogen (secondary N) is 1. The van der Waals surface area contributed by atoms with Crippen molar-refractivity contribution in [3.8, 4) is 0 Å². The zero-order valence-electron chi connectivity index (χ0n) is 21.1. The van der Waals surface area contributed by atoms with Crippen LogP contribution >= 0.6 is 15.9 Å². The van der Waals surface area contributed by atoms with Crippen molar-refractivity contribution in [3.05, 3.63) is 46.7 Å². The number of Topliss-reactive ketones (excluding diaryl/α,β-unsaturated/α-hetero) is 1. The van der Waals surface area contributed by atoms with Crippen LogP contribution in [0, 0.1) is 5.41 Å². The van der Waals surface area contributed by atoms with Crippen LogP contribution < -0.4 is 5.32 Å². The molecular formula is C25H24BrF3N6O3S. The van der Waals surface area contributed by atoms with Crippen molar-refractivity contribution in [2.24, 2.45) is 9.78 Å². The van der Waals surface area contributed by atoms with E-state index in [1.54, 1.807) is 23.1 Å². The van der Waals surface area contributed by atoms with Gasteiger partial charge in [0.2, 0.25) is 11.8 Å². The number of ketones is 1. The van der Waals surface area contributed by atoms with E-state index in [9.17, 15) is 27.6 Å². The van der Waals surface area contributed by atoms with Crippen molar-refractivity contribution >= 4 is 60.9 Å². The number of benzene rings is 1. The molecule has 0 spiro atoms. The van der Waals surface area contributed by atoms with E-state index in [1.807, 2.05) is 6.92 Å². The summed E-state index contributed by atoms with van der Waals surface area (Å²) >= 11 is 3.27. The van der Waals surface area contributed by atoms with Crippen LogP contribution in [-0.2, 0) is 26.8 Å². The van der Waals surface area contributed by atoms with Crippen molar-refractivity contribution in [1.29, 1.82) is 0 Å². The fourth-order valence-corrected chi connectivity index (χ4v) is 6.49. The molecule has 9 nitrogen and oxygen atoms in total. The van der Waals surface area contributed by atoms with Gasteiger partial charge in [-0.3, -0.25) is 19.1 Å². The Morgan fingerprint density at radius 2 is 1.97 bits per heavy atom. The third-order valence-electron chi connectivity index (χ3n) is 7.12. The number of carbonyl (C=O) groups excluding carboxylic acids is 3.